The standard InChI is InChI=1S/C13H17N3/c1-15-12-9-16(10-12)13(8-14)7-11-5-3-2-4-6-11/h2-6,12-13,15H,7,9-10H2,1H3/t13-/m0/s1. The Labute approximate surface area is 96.7 Å². The first-order valence-electron chi connectivity index (χ1n) is 5.68. The third-order valence-electron chi connectivity index (χ3n) is 3.18. The van der Waals surface area contributed by atoms with Crippen molar-refractivity contribution in [1.29, 1.82) is 5.26 Å². The molecule has 1 aromatic carbocycles. The van der Waals surface area contributed by atoms with Crippen molar-refractivity contribution in [2.45, 2.75) is 18.5 Å². The van der Waals surface area contributed by atoms with Gasteiger partial charge in [-0.05, 0) is 12.6 Å². The summed E-state index contributed by atoms with van der Waals surface area (Å²) in [5, 5.41) is 12.4. The Morgan fingerprint density at radius 2 is 2.12 bits per heavy atom. The van der Waals surface area contributed by atoms with Gasteiger partial charge < -0.3 is 5.32 Å². The van der Waals surface area contributed by atoms with Crippen molar-refractivity contribution in [2.24, 2.45) is 0 Å². The van der Waals surface area contributed by atoms with Gasteiger partial charge in [-0.25, -0.2) is 0 Å². The number of likely N-dealkylation sites (N-methyl/N-ethyl adjacent to an activating group) is 1. The second-order valence-corrected chi connectivity index (χ2v) is 4.27. The smallest absolute Gasteiger partial charge is 0.102 e. The summed E-state index contributed by atoms with van der Waals surface area (Å²) in [5.74, 6) is 0. The zero-order valence-electron chi connectivity index (χ0n) is 9.56. The molecule has 3 heteroatoms. The average molecular weight is 215 g/mol. The molecule has 0 spiro atoms. The van der Waals surface area contributed by atoms with E-state index >= 15 is 0 Å². The highest BCUT2D eigenvalue weighted by atomic mass is 15.3. The third kappa shape index (κ3) is 2.41. The molecule has 0 saturated carbocycles. The summed E-state index contributed by atoms with van der Waals surface area (Å²) in [6.45, 7) is 1.98. The maximum Gasteiger partial charge on any atom is 0.102 e. The van der Waals surface area contributed by atoms with E-state index < -0.39 is 0 Å². The lowest BCUT2D eigenvalue weighted by molar-refractivity contribution is 0.104. The van der Waals surface area contributed by atoms with Crippen molar-refractivity contribution in [3.63, 3.8) is 0 Å². The Kier molecular flexibility index (Phi) is 3.55. The highest BCUT2D eigenvalue weighted by Gasteiger charge is 2.31. The van der Waals surface area contributed by atoms with Gasteiger partial charge in [0.15, 0.2) is 0 Å². The van der Waals surface area contributed by atoms with E-state index in [2.05, 4.69) is 28.4 Å². The maximum absolute atomic E-state index is 9.17. The van der Waals surface area contributed by atoms with Gasteiger partial charge in [0.2, 0.25) is 0 Å². The van der Waals surface area contributed by atoms with Crippen LogP contribution in [0, 0.1) is 11.3 Å². The molecule has 1 atom stereocenters. The molecule has 0 amide bonds. The van der Waals surface area contributed by atoms with Gasteiger partial charge in [-0.15, -0.1) is 0 Å². The van der Waals surface area contributed by atoms with Crippen LogP contribution in [0.15, 0.2) is 30.3 Å². The Morgan fingerprint density at radius 1 is 1.44 bits per heavy atom. The fraction of sp³-hybridized carbons (Fsp3) is 0.462. The van der Waals surface area contributed by atoms with Gasteiger partial charge in [0.25, 0.3) is 0 Å². The summed E-state index contributed by atoms with van der Waals surface area (Å²) < 4.78 is 0. The molecule has 1 aromatic rings. The van der Waals surface area contributed by atoms with E-state index in [1.165, 1.54) is 5.56 Å². The minimum absolute atomic E-state index is 0.0204. The van der Waals surface area contributed by atoms with Gasteiger partial charge in [0, 0.05) is 25.6 Å². The monoisotopic (exact) mass is 215 g/mol. The largest absolute Gasteiger partial charge is 0.315 e. The second kappa shape index (κ2) is 5.11. The minimum Gasteiger partial charge on any atom is -0.315 e. The fourth-order valence-electron chi connectivity index (χ4n) is 2.04. The normalized spacial score (nSPS) is 18.8. The van der Waals surface area contributed by atoms with Crippen LogP contribution in [0.4, 0.5) is 0 Å². The molecular weight excluding hydrogens is 198 g/mol. The number of hydrogen-bond donors (Lipinski definition) is 1. The number of nitrogens with one attached hydrogen (secondary N) is 1. The molecule has 1 fully saturated rings. The zero-order chi connectivity index (χ0) is 11.4. The number of nitriles is 1. The summed E-state index contributed by atoms with van der Waals surface area (Å²) in [6.07, 6.45) is 0.827. The first kappa shape index (κ1) is 11.1. The van der Waals surface area contributed by atoms with E-state index in [0.29, 0.717) is 6.04 Å². The number of hydrogen-bond acceptors (Lipinski definition) is 3. The van der Waals surface area contributed by atoms with E-state index in [4.69, 9.17) is 5.26 Å². The molecule has 1 heterocycles. The van der Waals surface area contributed by atoms with Gasteiger partial charge in [0.05, 0.1) is 6.07 Å². The van der Waals surface area contributed by atoms with Crippen LogP contribution in [-0.4, -0.2) is 37.1 Å². The Morgan fingerprint density at radius 3 is 2.69 bits per heavy atom. The lowest BCUT2D eigenvalue weighted by Gasteiger charge is -2.41. The van der Waals surface area contributed by atoms with E-state index in [-0.39, 0.29) is 6.04 Å². The first-order valence-corrected chi connectivity index (χ1v) is 5.68. The van der Waals surface area contributed by atoms with Crippen molar-refractivity contribution in [3.05, 3.63) is 35.9 Å². The first-order chi connectivity index (χ1) is 7.83. The van der Waals surface area contributed by atoms with E-state index in [9.17, 15) is 0 Å². The Bertz CT molecular complexity index is 363. The molecule has 2 rings (SSSR count). The molecule has 1 saturated heterocycles. The lowest BCUT2D eigenvalue weighted by Crippen LogP contribution is -2.60. The molecule has 3 nitrogen and oxygen atoms in total. The van der Waals surface area contributed by atoms with Crippen molar-refractivity contribution in [1.82, 2.24) is 10.2 Å². The summed E-state index contributed by atoms with van der Waals surface area (Å²) >= 11 is 0. The van der Waals surface area contributed by atoms with Crippen molar-refractivity contribution >= 4 is 0 Å². The van der Waals surface area contributed by atoms with Gasteiger partial charge in [-0.1, -0.05) is 30.3 Å². The minimum atomic E-state index is 0.0204. The van der Waals surface area contributed by atoms with Crippen LogP contribution >= 0.6 is 0 Å². The van der Waals surface area contributed by atoms with Crippen molar-refractivity contribution in [2.75, 3.05) is 20.1 Å². The summed E-state index contributed by atoms with van der Waals surface area (Å²) in [7, 11) is 1.97. The topological polar surface area (TPSA) is 39.1 Å². The van der Waals surface area contributed by atoms with Gasteiger partial charge in [0.1, 0.15) is 6.04 Å². The molecule has 0 aromatic heterocycles. The van der Waals surface area contributed by atoms with Crippen molar-refractivity contribution in [3.8, 4) is 6.07 Å². The number of likely N-dealkylation sites (tertiary alicyclic amines) is 1. The molecule has 0 bridgehead atoms. The number of benzene rings is 1. The van der Waals surface area contributed by atoms with E-state index in [0.717, 1.165) is 19.5 Å². The van der Waals surface area contributed by atoms with Gasteiger partial charge >= 0.3 is 0 Å². The molecular formula is C13H17N3. The molecule has 16 heavy (non-hydrogen) atoms. The molecule has 84 valence electrons. The molecule has 1 aliphatic rings. The maximum atomic E-state index is 9.17. The van der Waals surface area contributed by atoms with Crippen molar-refractivity contribution < 1.29 is 0 Å². The molecule has 0 aliphatic carbocycles. The quantitative estimate of drug-likeness (QED) is 0.815. The Hall–Kier alpha value is -1.37. The molecule has 0 radical (unpaired) electrons. The highest BCUT2D eigenvalue weighted by Crippen LogP contribution is 2.15. The molecule has 0 unspecified atom stereocenters. The SMILES string of the molecule is CNC1CN([C@H](C#N)Cc2ccccc2)C1. The average Bonchev–Trinajstić information content (AvgIpc) is 2.27. The summed E-state index contributed by atoms with van der Waals surface area (Å²) in [4.78, 5) is 2.23. The van der Waals surface area contributed by atoms with Crippen LogP contribution < -0.4 is 5.32 Å². The number of rotatable bonds is 4. The van der Waals surface area contributed by atoms with Gasteiger partial charge in [-0.2, -0.15) is 5.26 Å². The van der Waals surface area contributed by atoms with Crippen LogP contribution in [0.2, 0.25) is 0 Å². The molecule has 1 aliphatic heterocycles. The third-order valence-corrected chi connectivity index (χ3v) is 3.18. The fourth-order valence-corrected chi connectivity index (χ4v) is 2.04. The van der Waals surface area contributed by atoms with Gasteiger partial charge in [-0.3, -0.25) is 4.90 Å². The van der Waals surface area contributed by atoms with Crippen LogP contribution in [0.1, 0.15) is 5.56 Å². The second-order valence-electron chi connectivity index (χ2n) is 4.27. The predicted octanol–water partition coefficient (Wildman–Crippen LogP) is 1.02. The number of nitrogens with zero attached hydrogens (tertiary/aromatic N) is 2. The predicted molar refractivity (Wildman–Crippen MR) is 64.0 cm³/mol. The zero-order valence-corrected chi connectivity index (χ0v) is 9.56. The van der Waals surface area contributed by atoms with E-state index in [1.807, 2.05) is 25.2 Å². The van der Waals surface area contributed by atoms with E-state index in [1.54, 1.807) is 0 Å². The summed E-state index contributed by atoms with van der Waals surface area (Å²) in [5.41, 5.74) is 1.24. The highest BCUT2D eigenvalue weighted by molar-refractivity contribution is 5.18. The van der Waals surface area contributed by atoms with Crippen LogP contribution in [0.3, 0.4) is 0 Å². The van der Waals surface area contributed by atoms with Crippen LogP contribution in [0.5, 0.6) is 0 Å². The molecule has 1 N–H and O–H groups in total. The lowest BCUT2D eigenvalue weighted by atomic mass is 10.0. The summed E-state index contributed by atoms with van der Waals surface area (Å²) in [6, 6.07) is 13.2. The van der Waals surface area contributed by atoms with Crippen LogP contribution in [0.25, 0.3) is 0 Å². The van der Waals surface area contributed by atoms with Crippen LogP contribution in [-0.2, 0) is 6.42 Å². The Balaban J connectivity index is 1.91.